The molecule has 5 aromatic carbocycles. The second kappa shape index (κ2) is 6.43. The van der Waals surface area contributed by atoms with Crippen molar-refractivity contribution in [3.05, 3.63) is 108 Å². The van der Waals surface area contributed by atoms with Crippen molar-refractivity contribution < 1.29 is 0 Å². The van der Waals surface area contributed by atoms with Gasteiger partial charge in [0.2, 0.25) is 0 Å². The van der Waals surface area contributed by atoms with E-state index >= 15 is 0 Å². The van der Waals surface area contributed by atoms with E-state index in [0.29, 0.717) is 0 Å². The predicted octanol–water partition coefficient (Wildman–Crippen LogP) is 8.93. The van der Waals surface area contributed by atoms with Crippen LogP contribution in [-0.2, 0) is 5.41 Å². The van der Waals surface area contributed by atoms with Crippen LogP contribution < -0.4 is 0 Å². The summed E-state index contributed by atoms with van der Waals surface area (Å²) in [6, 6.07) is 35.7. The molecule has 7 aromatic rings. The van der Waals surface area contributed by atoms with Crippen molar-refractivity contribution in [2.75, 3.05) is 0 Å². The summed E-state index contributed by atoms with van der Waals surface area (Å²) in [5.41, 5.74) is 12.8. The molecule has 0 bridgehead atoms. The first kappa shape index (κ1) is 19.1. The zero-order valence-electron chi connectivity index (χ0n) is 19.7. The number of aromatic amines is 2. The first-order chi connectivity index (χ1) is 17.1. The maximum atomic E-state index is 3.70. The van der Waals surface area contributed by atoms with Gasteiger partial charge in [0, 0.05) is 49.0 Å². The lowest BCUT2D eigenvalue weighted by Crippen LogP contribution is -2.14. The molecule has 35 heavy (non-hydrogen) atoms. The molecule has 1 aliphatic rings. The zero-order valence-corrected chi connectivity index (χ0v) is 19.7. The highest BCUT2D eigenvalue weighted by Crippen LogP contribution is 2.50. The molecule has 0 spiro atoms. The molecule has 2 nitrogen and oxygen atoms in total. The molecule has 166 valence electrons. The molecule has 0 radical (unpaired) electrons. The summed E-state index contributed by atoms with van der Waals surface area (Å²) in [5, 5.41) is 5.12. The van der Waals surface area contributed by atoms with Gasteiger partial charge in [-0.15, -0.1) is 0 Å². The molecule has 0 atom stereocenters. The first-order valence-electron chi connectivity index (χ1n) is 12.3. The van der Waals surface area contributed by atoms with Crippen LogP contribution in [0.3, 0.4) is 0 Å². The fourth-order valence-corrected chi connectivity index (χ4v) is 6.30. The zero-order chi connectivity index (χ0) is 23.3. The average molecular weight is 449 g/mol. The highest BCUT2D eigenvalue weighted by Gasteiger charge is 2.35. The Bertz CT molecular complexity index is 1980. The summed E-state index contributed by atoms with van der Waals surface area (Å²) < 4.78 is 0. The summed E-state index contributed by atoms with van der Waals surface area (Å²) in [6.45, 7) is 4.68. The number of hydrogen-bond donors (Lipinski definition) is 2. The molecule has 8 rings (SSSR count). The van der Waals surface area contributed by atoms with Crippen molar-refractivity contribution in [3.63, 3.8) is 0 Å². The summed E-state index contributed by atoms with van der Waals surface area (Å²) >= 11 is 0. The SMILES string of the molecule is CC1(C)c2ccccc2-c2cc3c(cc21)[nH]c1ccc(-c2ccc4[nH]c5ccccc5c4c2)cc13. The smallest absolute Gasteiger partial charge is 0.0468 e. The Morgan fingerprint density at radius 1 is 0.457 bits per heavy atom. The van der Waals surface area contributed by atoms with E-state index < -0.39 is 0 Å². The van der Waals surface area contributed by atoms with Gasteiger partial charge in [-0.3, -0.25) is 0 Å². The lowest BCUT2D eigenvalue weighted by atomic mass is 9.82. The molecule has 2 heterocycles. The number of aromatic nitrogens is 2. The van der Waals surface area contributed by atoms with Crippen LogP contribution in [0.4, 0.5) is 0 Å². The number of H-pyrrole nitrogens is 2. The molecule has 0 saturated heterocycles. The summed E-state index contributed by atoms with van der Waals surface area (Å²) in [5.74, 6) is 0. The van der Waals surface area contributed by atoms with Crippen LogP contribution >= 0.6 is 0 Å². The van der Waals surface area contributed by atoms with E-state index in [1.807, 2.05) is 0 Å². The van der Waals surface area contributed by atoms with Crippen molar-refractivity contribution in [1.29, 1.82) is 0 Å². The van der Waals surface area contributed by atoms with Crippen molar-refractivity contribution in [2.24, 2.45) is 0 Å². The van der Waals surface area contributed by atoms with Crippen molar-refractivity contribution in [3.8, 4) is 22.3 Å². The molecular weight excluding hydrogens is 424 g/mol. The van der Waals surface area contributed by atoms with Crippen molar-refractivity contribution >= 4 is 43.6 Å². The molecular formula is C33H24N2. The molecule has 0 saturated carbocycles. The Kier molecular flexibility index (Phi) is 3.50. The lowest BCUT2D eigenvalue weighted by Gasteiger charge is -2.21. The topological polar surface area (TPSA) is 31.6 Å². The second-order valence-corrected chi connectivity index (χ2v) is 10.4. The third kappa shape index (κ3) is 2.49. The average Bonchev–Trinajstić information content (AvgIpc) is 3.51. The van der Waals surface area contributed by atoms with Crippen LogP contribution in [0.1, 0.15) is 25.0 Å². The van der Waals surface area contributed by atoms with Crippen LogP contribution in [0.25, 0.3) is 65.9 Å². The van der Waals surface area contributed by atoms with E-state index in [4.69, 9.17) is 0 Å². The van der Waals surface area contributed by atoms with Gasteiger partial charge in [0.1, 0.15) is 0 Å². The Labute approximate surface area is 203 Å². The Balaban J connectivity index is 1.35. The van der Waals surface area contributed by atoms with Crippen LogP contribution in [0.2, 0.25) is 0 Å². The van der Waals surface area contributed by atoms with E-state index in [-0.39, 0.29) is 5.41 Å². The summed E-state index contributed by atoms with van der Waals surface area (Å²) in [4.78, 5) is 7.24. The predicted molar refractivity (Wildman–Crippen MR) is 148 cm³/mol. The van der Waals surface area contributed by atoms with E-state index in [1.165, 1.54) is 77.0 Å². The molecule has 2 aromatic heterocycles. The highest BCUT2D eigenvalue weighted by atomic mass is 14.7. The molecule has 0 fully saturated rings. The fraction of sp³-hybridized carbons (Fsp3) is 0.0909. The fourth-order valence-electron chi connectivity index (χ4n) is 6.30. The maximum absolute atomic E-state index is 3.70. The van der Waals surface area contributed by atoms with Crippen molar-refractivity contribution in [1.82, 2.24) is 9.97 Å². The van der Waals surface area contributed by atoms with Gasteiger partial charge in [0.05, 0.1) is 0 Å². The van der Waals surface area contributed by atoms with E-state index in [1.54, 1.807) is 0 Å². The van der Waals surface area contributed by atoms with E-state index in [9.17, 15) is 0 Å². The van der Waals surface area contributed by atoms with Crippen LogP contribution in [0.5, 0.6) is 0 Å². The second-order valence-electron chi connectivity index (χ2n) is 10.4. The van der Waals surface area contributed by atoms with Gasteiger partial charge in [0.15, 0.2) is 0 Å². The molecule has 0 amide bonds. The van der Waals surface area contributed by atoms with Crippen LogP contribution in [0, 0.1) is 0 Å². The molecule has 1 aliphatic carbocycles. The molecule has 2 N–H and O–H groups in total. The minimum Gasteiger partial charge on any atom is -0.355 e. The molecule has 0 aliphatic heterocycles. The number of rotatable bonds is 1. The molecule has 0 unspecified atom stereocenters. The van der Waals surface area contributed by atoms with Gasteiger partial charge >= 0.3 is 0 Å². The lowest BCUT2D eigenvalue weighted by molar-refractivity contribution is 0.661. The summed E-state index contributed by atoms with van der Waals surface area (Å²) in [6.07, 6.45) is 0. The van der Waals surface area contributed by atoms with Crippen LogP contribution in [-0.4, -0.2) is 9.97 Å². The maximum Gasteiger partial charge on any atom is 0.0468 e. The monoisotopic (exact) mass is 448 g/mol. The molecule has 2 heteroatoms. The number of fused-ring (bicyclic) bond motifs is 9. The standard InChI is InChI=1S/C33H24N2/c1-33(2)27-9-5-3-7-21(27)23-17-26-25-16-20(12-14-31(25)35-32(26)18-28(23)33)19-11-13-30-24(15-19)22-8-4-6-10-29(22)34-30/h3-18,34-35H,1-2H3. The Hall–Kier alpha value is -4.30. The van der Waals surface area contributed by atoms with Gasteiger partial charge < -0.3 is 9.97 Å². The third-order valence-electron chi connectivity index (χ3n) is 8.14. The van der Waals surface area contributed by atoms with Gasteiger partial charge in [0.25, 0.3) is 0 Å². The number of benzene rings is 5. The van der Waals surface area contributed by atoms with E-state index in [2.05, 4.69) is 121 Å². The largest absolute Gasteiger partial charge is 0.355 e. The Morgan fingerprint density at radius 2 is 1.06 bits per heavy atom. The summed E-state index contributed by atoms with van der Waals surface area (Å²) in [7, 11) is 0. The quantitative estimate of drug-likeness (QED) is 0.251. The van der Waals surface area contributed by atoms with Crippen LogP contribution in [0.15, 0.2) is 97.1 Å². The minimum absolute atomic E-state index is 0.0112. The highest BCUT2D eigenvalue weighted by molar-refractivity contribution is 6.12. The minimum atomic E-state index is 0.0112. The third-order valence-corrected chi connectivity index (χ3v) is 8.14. The van der Waals surface area contributed by atoms with Gasteiger partial charge in [-0.1, -0.05) is 68.4 Å². The van der Waals surface area contributed by atoms with E-state index in [0.717, 1.165) is 0 Å². The van der Waals surface area contributed by atoms with Gasteiger partial charge in [-0.05, 0) is 75.8 Å². The number of para-hydroxylation sites is 1. The van der Waals surface area contributed by atoms with Gasteiger partial charge in [-0.25, -0.2) is 0 Å². The Morgan fingerprint density at radius 3 is 1.86 bits per heavy atom. The first-order valence-corrected chi connectivity index (χ1v) is 12.3. The van der Waals surface area contributed by atoms with Gasteiger partial charge in [-0.2, -0.15) is 0 Å². The normalized spacial score (nSPS) is 14.2. The number of nitrogens with one attached hydrogen (secondary N) is 2. The van der Waals surface area contributed by atoms with Crippen molar-refractivity contribution in [2.45, 2.75) is 19.3 Å². The number of hydrogen-bond acceptors (Lipinski definition) is 0.